The highest BCUT2D eigenvalue weighted by molar-refractivity contribution is 5.94. The fraction of sp³-hybridized carbons (Fsp3) is 0.318. The Labute approximate surface area is 164 Å². The highest BCUT2D eigenvalue weighted by Gasteiger charge is 2.25. The van der Waals surface area contributed by atoms with Crippen LogP contribution in [-0.2, 0) is 6.54 Å². The van der Waals surface area contributed by atoms with Crippen molar-refractivity contribution in [3.63, 3.8) is 0 Å². The summed E-state index contributed by atoms with van der Waals surface area (Å²) < 4.78 is 16.4. The van der Waals surface area contributed by atoms with Gasteiger partial charge in [-0.25, -0.2) is 0 Å². The lowest BCUT2D eigenvalue weighted by atomic mass is 10.1. The molecule has 0 radical (unpaired) electrons. The normalized spacial score (nSPS) is 16.1. The summed E-state index contributed by atoms with van der Waals surface area (Å²) in [4.78, 5) is 16.2. The second-order valence-corrected chi connectivity index (χ2v) is 7.03. The quantitative estimate of drug-likeness (QED) is 0.771. The zero-order chi connectivity index (χ0) is 19.3. The van der Waals surface area contributed by atoms with Crippen molar-refractivity contribution >= 4 is 5.91 Å². The maximum atomic E-state index is 12.8. The first-order valence-electron chi connectivity index (χ1n) is 9.58. The molecule has 1 fully saturated rings. The summed E-state index contributed by atoms with van der Waals surface area (Å²) in [6.07, 6.45) is 1.69. The Morgan fingerprint density at radius 2 is 1.96 bits per heavy atom. The van der Waals surface area contributed by atoms with Crippen LogP contribution in [0.4, 0.5) is 0 Å². The van der Waals surface area contributed by atoms with Gasteiger partial charge in [-0.1, -0.05) is 18.7 Å². The molecule has 6 nitrogen and oxygen atoms in total. The van der Waals surface area contributed by atoms with E-state index < -0.39 is 0 Å². The van der Waals surface area contributed by atoms with Gasteiger partial charge in [-0.2, -0.15) is 0 Å². The molecule has 0 aliphatic carbocycles. The Bertz CT molecular complexity index is 859. The Morgan fingerprint density at radius 1 is 1.14 bits per heavy atom. The molecule has 2 heterocycles. The van der Waals surface area contributed by atoms with Gasteiger partial charge in [0.15, 0.2) is 11.5 Å². The molecule has 0 unspecified atom stereocenters. The predicted molar refractivity (Wildman–Crippen MR) is 105 cm³/mol. The molecular weight excluding hydrogens is 356 g/mol. The van der Waals surface area contributed by atoms with E-state index in [1.807, 2.05) is 29.2 Å². The van der Waals surface area contributed by atoms with Gasteiger partial charge in [0.25, 0.3) is 5.91 Å². The second kappa shape index (κ2) is 8.35. The molecule has 1 N–H and O–H groups in total. The topological polar surface area (TPSA) is 52.4 Å². The molecule has 28 heavy (non-hydrogen) atoms. The lowest BCUT2D eigenvalue weighted by Crippen LogP contribution is -3.13. The van der Waals surface area contributed by atoms with Crippen LogP contribution in [0.25, 0.3) is 0 Å². The third-order valence-corrected chi connectivity index (χ3v) is 5.10. The van der Waals surface area contributed by atoms with Gasteiger partial charge in [0.2, 0.25) is 6.79 Å². The maximum Gasteiger partial charge on any atom is 0.254 e. The highest BCUT2D eigenvalue weighted by Crippen LogP contribution is 2.32. The maximum absolute atomic E-state index is 12.8. The Kier molecular flexibility index (Phi) is 5.48. The summed E-state index contributed by atoms with van der Waals surface area (Å²) in [5.74, 6) is 2.39. The summed E-state index contributed by atoms with van der Waals surface area (Å²) in [6.45, 7) is 8.63. The minimum atomic E-state index is 0.0613. The number of carbonyl (C=O) groups excluding carboxylic acids is 1. The molecule has 146 valence electrons. The zero-order valence-electron chi connectivity index (χ0n) is 15.9. The number of hydrogen-bond acceptors (Lipinski definition) is 4. The van der Waals surface area contributed by atoms with Gasteiger partial charge in [0, 0.05) is 11.1 Å². The molecule has 1 saturated heterocycles. The van der Waals surface area contributed by atoms with Gasteiger partial charge in [-0.15, -0.1) is 0 Å². The zero-order valence-corrected chi connectivity index (χ0v) is 15.9. The number of hydrogen-bond donors (Lipinski definition) is 1. The van der Waals surface area contributed by atoms with Crippen molar-refractivity contribution in [1.82, 2.24) is 4.90 Å². The Balaban J connectivity index is 1.32. The number of fused-ring (bicyclic) bond motifs is 1. The van der Waals surface area contributed by atoms with E-state index in [-0.39, 0.29) is 5.91 Å². The summed E-state index contributed by atoms with van der Waals surface area (Å²) in [5, 5.41) is 0. The average Bonchev–Trinajstić information content (AvgIpc) is 3.20. The summed E-state index contributed by atoms with van der Waals surface area (Å²) in [5.41, 5.74) is 1.90. The van der Waals surface area contributed by atoms with Crippen molar-refractivity contribution in [1.29, 1.82) is 0 Å². The fourth-order valence-corrected chi connectivity index (χ4v) is 3.60. The van der Waals surface area contributed by atoms with Crippen LogP contribution in [0.15, 0.2) is 55.1 Å². The van der Waals surface area contributed by atoms with Crippen molar-refractivity contribution in [2.75, 3.05) is 39.6 Å². The first kappa shape index (κ1) is 18.4. The van der Waals surface area contributed by atoms with Crippen LogP contribution in [0.1, 0.15) is 15.9 Å². The largest absolute Gasteiger partial charge is 0.490 e. The smallest absolute Gasteiger partial charge is 0.254 e. The Hall–Kier alpha value is -2.99. The van der Waals surface area contributed by atoms with E-state index in [0.717, 1.165) is 44.2 Å². The van der Waals surface area contributed by atoms with Gasteiger partial charge in [0.1, 0.15) is 18.9 Å². The number of ether oxygens (including phenoxy) is 3. The van der Waals surface area contributed by atoms with Gasteiger partial charge in [-0.05, 0) is 36.4 Å². The van der Waals surface area contributed by atoms with Crippen molar-refractivity contribution in [2.45, 2.75) is 6.54 Å². The van der Waals surface area contributed by atoms with Crippen LogP contribution in [0.2, 0.25) is 0 Å². The molecule has 1 amide bonds. The highest BCUT2D eigenvalue weighted by atomic mass is 16.7. The number of benzene rings is 2. The Morgan fingerprint density at radius 3 is 2.79 bits per heavy atom. The lowest BCUT2D eigenvalue weighted by Gasteiger charge is -2.32. The molecule has 4 rings (SSSR count). The van der Waals surface area contributed by atoms with Crippen molar-refractivity contribution in [3.05, 3.63) is 66.2 Å². The number of amides is 1. The third-order valence-electron chi connectivity index (χ3n) is 5.10. The van der Waals surface area contributed by atoms with Crippen LogP contribution in [0.3, 0.4) is 0 Å². The van der Waals surface area contributed by atoms with E-state index in [2.05, 4.69) is 18.7 Å². The van der Waals surface area contributed by atoms with Gasteiger partial charge >= 0.3 is 0 Å². The van der Waals surface area contributed by atoms with Gasteiger partial charge in [-0.3, -0.25) is 4.79 Å². The van der Waals surface area contributed by atoms with Gasteiger partial charge < -0.3 is 24.0 Å². The minimum Gasteiger partial charge on any atom is -0.490 e. The van der Waals surface area contributed by atoms with E-state index in [1.54, 1.807) is 12.1 Å². The van der Waals surface area contributed by atoms with Crippen LogP contribution in [0, 0.1) is 0 Å². The number of nitrogens with one attached hydrogen (secondary N) is 1. The third kappa shape index (κ3) is 4.12. The average molecular weight is 381 g/mol. The molecule has 2 aromatic carbocycles. The lowest BCUT2D eigenvalue weighted by molar-refractivity contribution is -0.917. The number of rotatable bonds is 6. The van der Waals surface area contributed by atoms with Crippen molar-refractivity contribution < 1.29 is 23.9 Å². The fourth-order valence-electron chi connectivity index (χ4n) is 3.60. The molecule has 6 heteroatoms. The monoisotopic (exact) mass is 381 g/mol. The van der Waals surface area contributed by atoms with E-state index in [4.69, 9.17) is 14.2 Å². The van der Waals surface area contributed by atoms with E-state index in [9.17, 15) is 4.79 Å². The summed E-state index contributed by atoms with van der Waals surface area (Å²) in [6, 6.07) is 13.5. The van der Waals surface area contributed by atoms with Crippen LogP contribution < -0.4 is 19.1 Å². The molecule has 0 spiro atoms. The van der Waals surface area contributed by atoms with E-state index in [0.29, 0.717) is 24.7 Å². The molecule has 2 aliphatic heterocycles. The molecule has 0 atom stereocenters. The molecule has 0 saturated carbocycles. The molecule has 0 aromatic heterocycles. The number of carbonyl (C=O) groups is 1. The predicted octanol–water partition coefficient (Wildman–Crippen LogP) is 1.52. The van der Waals surface area contributed by atoms with Crippen molar-refractivity contribution in [3.8, 4) is 17.2 Å². The first-order valence-corrected chi connectivity index (χ1v) is 9.58. The van der Waals surface area contributed by atoms with Crippen LogP contribution in [0.5, 0.6) is 17.2 Å². The number of quaternary nitrogens is 1. The van der Waals surface area contributed by atoms with Gasteiger partial charge in [0.05, 0.1) is 26.2 Å². The first-order chi connectivity index (χ1) is 13.7. The molecular formula is C22H25N2O4+. The molecule has 2 aromatic rings. The SMILES string of the molecule is C=CCOc1cccc(C(=O)N2CC[NH+](Cc3ccc4c(c3)OCO4)CC2)c1. The van der Waals surface area contributed by atoms with Crippen LogP contribution >= 0.6 is 0 Å². The van der Waals surface area contributed by atoms with Crippen LogP contribution in [-0.4, -0.2) is 50.4 Å². The minimum absolute atomic E-state index is 0.0613. The van der Waals surface area contributed by atoms with E-state index >= 15 is 0 Å². The number of nitrogens with zero attached hydrogens (tertiary/aromatic N) is 1. The number of piperazine rings is 1. The van der Waals surface area contributed by atoms with Crippen molar-refractivity contribution in [2.24, 2.45) is 0 Å². The standard InChI is InChI=1S/C22H24N2O4/c1-2-12-26-19-5-3-4-18(14-19)22(25)24-10-8-23(9-11-24)15-17-6-7-20-21(13-17)28-16-27-20/h2-7,13-14H,1,8-12,15-16H2/p+1. The molecule has 2 aliphatic rings. The molecule has 0 bridgehead atoms. The summed E-state index contributed by atoms with van der Waals surface area (Å²) in [7, 11) is 0. The second-order valence-electron chi connectivity index (χ2n) is 7.03. The summed E-state index contributed by atoms with van der Waals surface area (Å²) >= 11 is 0. The van der Waals surface area contributed by atoms with E-state index in [1.165, 1.54) is 10.5 Å².